The predicted octanol–water partition coefficient (Wildman–Crippen LogP) is 1.79. The number of aryl methyl sites for hydroxylation is 1. The molecule has 2 heterocycles. The molecule has 1 amide bonds. The first-order valence-electron chi connectivity index (χ1n) is 8.04. The minimum atomic E-state index is -0.0488. The van der Waals surface area contributed by atoms with Crippen LogP contribution in [-0.2, 0) is 17.8 Å². The van der Waals surface area contributed by atoms with Crippen LogP contribution in [0.3, 0.4) is 0 Å². The van der Waals surface area contributed by atoms with Crippen molar-refractivity contribution in [3.8, 4) is 0 Å². The third kappa shape index (κ3) is 2.53. The van der Waals surface area contributed by atoms with Gasteiger partial charge in [0.25, 0.3) is 0 Å². The van der Waals surface area contributed by atoms with Gasteiger partial charge in [-0.2, -0.15) is 4.98 Å². The van der Waals surface area contributed by atoms with Crippen molar-refractivity contribution in [3.63, 3.8) is 0 Å². The summed E-state index contributed by atoms with van der Waals surface area (Å²) >= 11 is 0. The van der Waals surface area contributed by atoms with Crippen LogP contribution in [0.15, 0.2) is 22.7 Å². The molecule has 1 N–H and O–H groups in total. The summed E-state index contributed by atoms with van der Waals surface area (Å²) in [6, 6.07) is 6.21. The van der Waals surface area contributed by atoms with Crippen LogP contribution in [0.25, 0.3) is 0 Å². The van der Waals surface area contributed by atoms with Gasteiger partial charge in [-0.3, -0.25) is 4.79 Å². The van der Waals surface area contributed by atoms with Crippen LogP contribution >= 0.6 is 0 Å². The van der Waals surface area contributed by atoms with E-state index >= 15 is 0 Å². The Morgan fingerprint density at radius 3 is 3.09 bits per heavy atom. The molecule has 2 atom stereocenters. The number of hydrogen-bond acceptors (Lipinski definition) is 5. The molecule has 4 rings (SSSR count). The molecule has 2 unspecified atom stereocenters. The minimum Gasteiger partial charge on any atom is -0.339 e. The van der Waals surface area contributed by atoms with E-state index in [2.05, 4.69) is 21.5 Å². The lowest BCUT2D eigenvalue weighted by atomic mass is 9.98. The zero-order chi connectivity index (χ0) is 16.0. The molecule has 0 saturated heterocycles. The van der Waals surface area contributed by atoms with E-state index < -0.39 is 0 Å². The van der Waals surface area contributed by atoms with E-state index in [9.17, 15) is 4.79 Å². The Morgan fingerprint density at radius 1 is 1.43 bits per heavy atom. The Labute approximate surface area is 134 Å². The summed E-state index contributed by atoms with van der Waals surface area (Å²) < 4.78 is 5.20. The molecule has 0 radical (unpaired) electrons. The lowest BCUT2D eigenvalue weighted by Crippen LogP contribution is -2.32. The molecule has 1 aromatic carbocycles. The maximum absolute atomic E-state index is 12.8. The largest absolute Gasteiger partial charge is 0.339 e. The second kappa shape index (κ2) is 5.45. The molecule has 1 fully saturated rings. The zero-order valence-electron chi connectivity index (χ0n) is 13.4. The minimum absolute atomic E-state index is 0.0488. The Bertz CT molecular complexity index is 755. The van der Waals surface area contributed by atoms with Crippen molar-refractivity contribution in [2.75, 3.05) is 18.5 Å². The number of carbonyl (C=O) groups excluding carboxylic acids is 1. The smallest absolute Gasteiger partial charge is 0.230 e. The fourth-order valence-corrected chi connectivity index (χ4v) is 3.38. The van der Waals surface area contributed by atoms with Gasteiger partial charge in [-0.15, -0.1) is 0 Å². The van der Waals surface area contributed by atoms with Crippen molar-refractivity contribution in [3.05, 3.63) is 41.0 Å². The van der Waals surface area contributed by atoms with Crippen molar-refractivity contribution in [1.82, 2.24) is 15.5 Å². The molecule has 2 aliphatic rings. The summed E-state index contributed by atoms with van der Waals surface area (Å²) in [6.07, 6.45) is 1.80. The summed E-state index contributed by atoms with van der Waals surface area (Å²) in [5, 5.41) is 7.20. The van der Waals surface area contributed by atoms with Gasteiger partial charge in [-0.05, 0) is 43.5 Å². The SMILES string of the molecule is Cc1noc(C2CC2C(=O)N(C)c2cccc3c2CNCC3)n1. The monoisotopic (exact) mass is 312 g/mol. The first-order valence-corrected chi connectivity index (χ1v) is 8.04. The van der Waals surface area contributed by atoms with Gasteiger partial charge in [-0.1, -0.05) is 17.3 Å². The number of fused-ring (bicyclic) bond motifs is 1. The molecule has 120 valence electrons. The van der Waals surface area contributed by atoms with Gasteiger partial charge in [-0.25, -0.2) is 0 Å². The van der Waals surface area contributed by atoms with Gasteiger partial charge in [0.05, 0.1) is 11.8 Å². The maximum Gasteiger partial charge on any atom is 0.230 e. The van der Waals surface area contributed by atoms with Crippen LogP contribution in [-0.4, -0.2) is 29.6 Å². The predicted molar refractivity (Wildman–Crippen MR) is 85.1 cm³/mol. The highest BCUT2D eigenvalue weighted by Crippen LogP contribution is 2.48. The van der Waals surface area contributed by atoms with Crippen molar-refractivity contribution >= 4 is 11.6 Å². The molecule has 2 aromatic rings. The van der Waals surface area contributed by atoms with Gasteiger partial charge < -0.3 is 14.7 Å². The number of hydrogen-bond donors (Lipinski definition) is 1. The third-order valence-electron chi connectivity index (χ3n) is 4.78. The molecule has 1 aliphatic heterocycles. The van der Waals surface area contributed by atoms with Crippen molar-refractivity contribution in [2.45, 2.75) is 32.2 Å². The molecule has 0 bridgehead atoms. The number of rotatable bonds is 3. The first-order chi connectivity index (χ1) is 11.1. The lowest BCUT2D eigenvalue weighted by Gasteiger charge is -2.26. The Balaban J connectivity index is 1.54. The van der Waals surface area contributed by atoms with Crippen LogP contribution in [0.1, 0.15) is 35.2 Å². The summed E-state index contributed by atoms with van der Waals surface area (Å²) in [4.78, 5) is 18.8. The molecule has 1 aromatic heterocycles. The van der Waals surface area contributed by atoms with Gasteiger partial charge in [0.15, 0.2) is 5.82 Å². The van der Waals surface area contributed by atoms with Crippen LogP contribution in [0.2, 0.25) is 0 Å². The molecule has 23 heavy (non-hydrogen) atoms. The van der Waals surface area contributed by atoms with E-state index in [1.54, 1.807) is 11.8 Å². The van der Waals surface area contributed by atoms with Crippen LogP contribution in [0.5, 0.6) is 0 Å². The van der Waals surface area contributed by atoms with Crippen LogP contribution in [0, 0.1) is 12.8 Å². The van der Waals surface area contributed by atoms with Gasteiger partial charge in [0, 0.05) is 19.3 Å². The number of nitrogens with one attached hydrogen (secondary N) is 1. The first kappa shape index (κ1) is 14.4. The number of carbonyl (C=O) groups is 1. The summed E-state index contributed by atoms with van der Waals surface area (Å²) in [5.74, 6) is 1.36. The van der Waals surface area contributed by atoms with Crippen molar-refractivity contribution in [2.24, 2.45) is 5.92 Å². The summed E-state index contributed by atoms with van der Waals surface area (Å²) in [5.41, 5.74) is 3.58. The van der Waals surface area contributed by atoms with E-state index in [1.807, 2.05) is 19.2 Å². The number of nitrogens with zero attached hydrogens (tertiary/aromatic N) is 3. The van der Waals surface area contributed by atoms with Crippen LogP contribution in [0.4, 0.5) is 5.69 Å². The fraction of sp³-hybridized carbons (Fsp3) is 0.471. The Morgan fingerprint density at radius 2 is 2.30 bits per heavy atom. The molecule has 1 aliphatic carbocycles. The zero-order valence-corrected chi connectivity index (χ0v) is 13.4. The van der Waals surface area contributed by atoms with Gasteiger partial charge in [0.1, 0.15) is 0 Å². The normalized spacial score (nSPS) is 22.5. The average Bonchev–Trinajstić information content (AvgIpc) is 3.27. The number of amides is 1. The summed E-state index contributed by atoms with van der Waals surface area (Å²) in [6.45, 7) is 3.61. The van der Waals surface area contributed by atoms with Crippen molar-refractivity contribution in [1.29, 1.82) is 0 Å². The topological polar surface area (TPSA) is 71.3 Å². The second-order valence-corrected chi connectivity index (χ2v) is 6.37. The van der Waals surface area contributed by atoms with E-state index in [-0.39, 0.29) is 17.7 Å². The number of anilines is 1. The van der Waals surface area contributed by atoms with Gasteiger partial charge >= 0.3 is 0 Å². The lowest BCUT2D eigenvalue weighted by molar-refractivity contribution is -0.119. The molecular weight excluding hydrogens is 292 g/mol. The Kier molecular flexibility index (Phi) is 3.41. The van der Waals surface area contributed by atoms with Crippen LogP contribution < -0.4 is 10.2 Å². The van der Waals surface area contributed by atoms with Crippen molar-refractivity contribution < 1.29 is 9.32 Å². The second-order valence-electron chi connectivity index (χ2n) is 6.37. The highest BCUT2D eigenvalue weighted by atomic mass is 16.5. The number of aromatic nitrogens is 2. The van der Waals surface area contributed by atoms with E-state index in [4.69, 9.17) is 4.52 Å². The summed E-state index contributed by atoms with van der Waals surface area (Å²) in [7, 11) is 1.86. The third-order valence-corrected chi connectivity index (χ3v) is 4.78. The fourth-order valence-electron chi connectivity index (χ4n) is 3.38. The molecule has 6 nitrogen and oxygen atoms in total. The standard InChI is InChI=1S/C17H20N4O2/c1-10-19-16(23-20-10)12-8-13(12)17(22)21(2)15-5-3-4-11-6-7-18-9-14(11)15/h3-5,12-13,18H,6-9H2,1-2H3. The average molecular weight is 312 g/mol. The number of benzene rings is 1. The quantitative estimate of drug-likeness (QED) is 0.935. The molecule has 0 spiro atoms. The molecule has 6 heteroatoms. The van der Waals surface area contributed by atoms with E-state index in [0.717, 1.165) is 31.6 Å². The van der Waals surface area contributed by atoms with Gasteiger partial charge in [0.2, 0.25) is 11.8 Å². The Hall–Kier alpha value is -2.21. The van der Waals surface area contributed by atoms with E-state index in [0.29, 0.717) is 11.7 Å². The van der Waals surface area contributed by atoms with E-state index in [1.165, 1.54) is 11.1 Å². The molecular formula is C17H20N4O2. The highest BCUT2D eigenvalue weighted by Gasteiger charge is 2.49. The maximum atomic E-state index is 12.8. The molecule has 1 saturated carbocycles. The highest BCUT2D eigenvalue weighted by molar-refractivity contribution is 5.97.